The van der Waals surface area contributed by atoms with E-state index >= 15 is 0 Å². The van der Waals surface area contributed by atoms with Gasteiger partial charge in [-0.3, -0.25) is 14.9 Å². The number of anilines is 1. The zero-order chi connectivity index (χ0) is 17.1. The van der Waals surface area contributed by atoms with Crippen molar-refractivity contribution in [1.29, 1.82) is 0 Å². The Bertz CT molecular complexity index is 789. The summed E-state index contributed by atoms with van der Waals surface area (Å²) in [7, 11) is 1.53. The third kappa shape index (κ3) is 2.86. The Labute approximate surface area is 139 Å². The highest BCUT2D eigenvalue weighted by molar-refractivity contribution is 6.27. The van der Waals surface area contributed by atoms with Gasteiger partial charge in [0.1, 0.15) is 11.7 Å². The molecule has 1 aliphatic rings. The van der Waals surface area contributed by atoms with Crippen LogP contribution < -0.4 is 15.0 Å². The van der Waals surface area contributed by atoms with E-state index in [4.69, 9.17) is 4.74 Å². The molecule has 6 nitrogen and oxygen atoms in total. The van der Waals surface area contributed by atoms with Gasteiger partial charge in [-0.2, -0.15) is 0 Å². The van der Waals surface area contributed by atoms with Crippen molar-refractivity contribution in [1.82, 2.24) is 5.32 Å². The van der Waals surface area contributed by atoms with E-state index in [2.05, 4.69) is 5.32 Å². The molecule has 0 spiro atoms. The summed E-state index contributed by atoms with van der Waals surface area (Å²) < 4.78 is 5.27. The molecular weight excluding hydrogens is 308 g/mol. The fourth-order valence-corrected chi connectivity index (χ4v) is 2.71. The normalized spacial score (nSPS) is 17.6. The number of methoxy groups -OCH3 is 1. The smallest absolute Gasteiger partial charge is 0.335 e. The number of nitrogens with zero attached hydrogens (tertiary/aromatic N) is 1. The molecule has 1 aliphatic heterocycles. The maximum Gasteiger partial charge on any atom is 0.335 e. The van der Waals surface area contributed by atoms with Crippen LogP contribution in [0.4, 0.5) is 10.5 Å². The Hall–Kier alpha value is -3.15. The van der Waals surface area contributed by atoms with Gasteiger partial charge >= 0.3 is 6.03 Å². The lowest BCUT2D eigenvalue weighted by Crippen LogP contribution is -2.58. The summed E-state index contributed by atoms with van der Waals surface area (Å²) in [5, 5.41) is 2.25. The maximum absolute atomic E-state index is 12.8. The van der Waals surface area contributed by atoms with Crippen molar-refractivity contribution in [2.45, 2.75) is 6.42 Å². The largest absolute Gasteiger partial charge is 0.496 e. The fourth-order valence-electron chi connectivity index (χ4n) is 2.71. The van der Waals surface area contributed by atoms with Crippen LogP contribution in [0.25, 0.3) is 0 Å². The number of amides is 4. The molecule has 1 atom stereocenters. The minimum atomic E-state index is -0.987. The Balaban J connectivity index is 1.91. The fraction of sp³-hybridized carbons (Fsp3) is 0.167. The van der Waals surface area contributed by atoms with Crippen molar-refractivity contribution in [3.8, 4) is 5.75 Å². The minimum Gasteiger partial charge on any atom is -0.496 e. The lowest BCUT2D eigenvalue weighted by atomic mass is 9.94. The molecule has 3 rings (SSSR count). The molecule has 2 aromatic rings. The number of rotatable bonds is 4. The topological polar surface area (TPSA) is 75.7 Å². The second kappa shape index (κ2) is 6.54. The van der Waals surface area contributed by atoms with Gasteiger partial charge < -0.3 is 4.74 Å². The monoisotopic (exact) mass is 324 g/mol. The van der Waals surface area contributed by atoms with Crippen LogP contribution in [-0.4, -0.2) is 25.0 Å². The lowest BCUT2D eigenvalue weighted by Gasteiger charge is -2.30. The quantitative estimate of drug-likeness (QED) is 0.874. The number of benzene rings is 2. The molecule has 24 heavy (non-hydrogen) atoms. The molecular formula is C18H16N2O4. The summed E-state index contributed by atoms with van der Waals surface area (Å²) in [6, 6.07) is 15.0. The first kappa shape index (κ1) is 15.7. The van der Waals surface area contributed by atoms with Gasteiger partial charge in [-0.1, -0.05) is 36.4 Å². The molecule has 1 N–H and O–H groups in total. The van der Waals surface area contributed by atoms with Crippen molar-refractivity contribution >= 4 is 23.5 Å². The molecule has 0 bridgehead atoms. The summed E-state index contributed by atoms with van der Waals surface area (Å²) in [5.41, 5.74) is 1.16. The van der Waals surface area contributed by atoms with Crippen LogP contribution in [-0.2, 0) is 16.0 Å². The second-order valence-electron chi connectivity index (χ2n) is 5.37. The van der Waals surface area contributed by atoms with E-state index in [1.165, 1.54) is 7.11 Å². The summed E-state index contributed by atoms with van der Waals surface area (Å²) in [6.07, 6.45) is 0.158. The van der Waals surface area contributed by atoms with Crippen LogP contribution in [0, 0.1) is 5.92 Å². The molecule has 0 unspecified atom stereocenters. The highest BCUT2D eigenvalue weighted by Gasteiger charge is 2.41. The highest BCUT2D eigenvalue weighted by atomic mass is 16.5. The molecule has 122 valence electrons. The number of imide groups is 2. The summed E-state index contributed by atoms with van der Waals surface area (Å²) in [6.45, 7) is 0. The third-order valence-electron chi connectivity index (χ3n) is 3.90. The van der Waals surface area contributed by atoms with Gasteiger partial charge in [-0.05, 0) is 30.2 Å². The second-order valence-corrected chi connectivity index (χ2v) is 5.37. The summed E-state index contributed by atoms with van der Waals surface area (Å²) >= 11 is 0. The first-order chi connectivity index (χ1) is 11.6. The van der Waals surface area contributed by atoms with Gasteiger partial charge in [0.05, 0.1) is 12.8 Å². The van der Waals surface area contributed by atoms with Gasteiger partial charge in [-0.15, -0.1) is 0 Å². The summed E-state index contributed by atoms with van der Waals surface area (Å²) in [5.74, 6) is -1.52. The van der Waals surface area contributed by atoms with Crippen LogP contribution in [0.2, 0.25) is 0 Å². The van der Waals surface area contributed by atoms with Crippen LogP contribution in [0.5, 0.6) is 5.75 Å². The number of nitrogens with one attached hydrogen (secondary N) is 1. The average Bonchev–Trinajstić information content (AvgIpc) is 2.59. The van der Waals surface area contributed by atoms with Gasteiger partial charge in [0.2, 0.25) is 11.8 Å². The molecule has 4 amide bonds. The van der Waals surface area contributed by atoms with Gasteiger partial charge in [-0.25, -0.2) is 9.69 Å². The Morgan fingerprint density at radius 2 is 1.67 bits per heavy atom. The highest BCUT2D eigenvalue weighted by Crippen LogP contribution is 2.26. The van der Waals surface area contributed by atoms with Crippen molar-refractivity contribution < 1.29 is 19.1 Å². The summed E-state index contributed by atoms with van der Waals surface area (Å²) in [4.78, 5) is 38.0. The van der Waals surface area contributed by atoms with Crippen molar-refractivity contribution in [2.24, 2.45) is 5.92 Å². The maximum atomic E-state index is 12.8. The number of carbonyl (C=O) groups excluding carboxylic acids is 3. The predicted molar refractivity (Wildman–Crippen MR) is 87.7 cm³/mol. The number of carbonyl (C=O) groups is 3. The number of urea groups is 1. The van der Waals surface area contributed by atoms with Crippen LogP contribution >= 0.6 is 0 Å². The number of hydrogen-bond donors (Lipinski definition) is 1. The van der Waals surface area contributed by atoms with Gasteiger partial charge in [0.15, 0.2) is 0 Å². The average molecular weight is 324 g/mol. The first-order valence-corrected chi connectivity index (χ1v) is 7.47. The zero-order valence-electron chi connectivity index (χ0n) is 13.1. The standard InChI is InChI=1S/C18H16N2O4/c1-24-15-10-6-5-7-12(15)11-14-16(21)19-18(23)20(17(14)22)13-8-3-2-4-9-13/h2-10,14H,11H2,1H3,(H,19,21,23)/t14-/m0/s1. The van der Waals surface area contributed by atoms with Crippen molar-refractivity contribution in [3.63, 3.8) is 0 Å². The zero-order valence-corrected chi connectivity index (χ0v) is 13.1. The Kier molecular flexibility index (Phi) is 4.29. The van der Waals surface area contributed by atoms with E-state index in [9.17, 15) is 14.4 Å². The molecule has 1 heterocycles. The van der Waals surface area contributed by atoms with E-state index in [-0.39, 0.29) is 6.42 Å². The van der Waals surface area contributed by atoms with Crippen LogP contribution in [0.1, 0.15) is 5.56 Å². The molecule has 1 fully saturated rings. The number of para-hydroxylation sites is 2. The van der Waals surface area contributed by atoms with E-state index in [1.807, 2.05) is 12.1 Å². The van der Waals surface area contributed by atoms with E-state index < -0.39 is 23.8 Å². The molecule has 6 heteroatoms. The van der Waals surface area contributed by atoms with Gasteiger partial charge in [0.25, 0.3) is 0 Å². The lowest BCUT2D eigenvalue weighted by molar-refractivity contribution is -0.134. The number of barbiturate groups is 1. The molecule has 1 saturated heterocycles. The van der Waals surface area contributed by atoms with Crippen LogP contribution in [0.15, 0.2) is 54.6 Å². The predicted octanol–water partition coefficient (Wildman–Crippen LogP) is 2.14. The Morgan fingerprint density at radius 3 is 2.38 bits per heavy atom. The SMILES string of the molecule is COc1ccccc1C[C@H]1C(=O)NC(=O)N(c2ccccc2)C1=O. The molecule has 0 aromatic heterocycles. The van der Waals surface area contributed by atoms with E-state index in [0.29, 0.717) is 11.4 Å². The minimum absolute atomic E-state index is 0.158. The third-order valence-corrected chi connectivity index (χ3v) is 3.90. The van der Waals surface area contributed by atoms with Crippen molar-refractivity contribution in [3.05, 3.63) is 60.2 Å². The first-order valence-electron chi connectivity index (χ1n) is 7.47. The van der Waals surface area contributed by atoms with Gasteiger partial charge in [0, 0.05) is 0 Å². The molecule has 0 radical (unpaired) electrons. The number of hydrogen-bond acceptors (Lipinski definition) is 4. The molecule has 0 saturated carbocycles. The number of ether oxygens (including phenoxy) is 1. The Morgan fingerprint density at radius 1 is 1.00 bits per heavy atom. The van der Waals surface area contributed by atoms with Crippen LogP contribution in [0.3, 0.4) is 0 Å². The molecule has 0 aliphatic carbocycles. The van der Waals surface area contributed by atoms with E-state index in [1.54, 1.807) is 42.5 Å². The van der Waals surface area contributed by atoms with E-state index in [0.717, 1.165) is 10.5 Å². The molecule has 2 aromatic carbocycles. The van der Waals surface area contributed by atoms with Crippen molar-refractivity contribution in [2.75, 3.05) is 12.0 Å².